The molecule has 8 nitrogen and oxygen atoms in total. The van der Waals surface area contributed by atoms with E-state index < -0.39 is 0 Å². The highest BCUT2D eigenvalue weighted by atomic mass is 32.1. The zero-order valence-electron chi connectivity index (χ0n) is 18.3. The highest BCUT2D eigenvalue weighted by Crippen LogP contribution is 2.42. The number of piperidine rings is 1. The van der Waals surface area contributed by atoms with Crippen LogP contribution in [0.5, 0.6) is 0 Å². The molecule has 2 aliphatic rings. The van der Waals surface area contributed by atoms with E-state index >= 15 is 0 Å². The number of amides is 1. The molecule has 3 atom stereocenters. The average molecular weight is 471 g/mol. The Bertz CT molecular complexity index is 1540. The molecule has 2 N–H and O–H groups in total. The largest absolute Gasteiger partial charge is 0.452 e. The van der Waals surface area contributed by atoms with E-state index in [9.17, 15) is 4.79 Å². The molecule has 2 fully saturated rings. The van der Waals surface area contributed by atoms with Crippen molar-refractivity contribution in [1.82, 2.24) is 24.6 Å². The Balaban J connectivity index is 1.27. The lowest BCUT2D eigenvalue weighted by molar-refractivity contribution is -0.122. The molecule has 7 heterocycles. The summed E-state index contributed by atoms with van der Waals surface area (Å²) in [4.78, 5) is 22.1. The van der Waals surface area contributed by atoms with E-state index in [1.807, 2.05) is 29.4 Å². The number of thiophene rings is 1. The van der Waals surface area contributed by atoms with Crippen molar-refractivity contribution in [3.63, 3.8) is 0 Å². The van der Waals surface area contributed by atoms with E-state index in [0.29, 0.717) is 29.5 Å². The predicted molar refractivity (Wildman–Crippen MR) is 131 cm³/mol. The van der Waals surface area contributed by atoms with Crippen LogP contribution in [0.4, 0.5) is 5.82 Å². The Morgan fingerprint density at radius 3 is 2.76 bits per heavy atom. The molecule has 0 radical (unpaired) electrons. The van der Waals surface area contributed by atoms with E-state index in [4.69, 9.17) is 15.2 Å². The number of pyridine rings is 2. The Kier molecular flexibility index (Phi) is 4.29. The van der Waals surface area contributed by atoms with Crippen molar-refractivity contribution in [2.24, 2.45) is 0 Å². The van der Waals surface area contributed by atoms with Crippen molar-refractivity contribution < 1.29 is 9.21 Å². The molecular formula is C25H22N6O2S. The topological polar surface area (TPSA) is 103 Å². The van der Waals surface area contributed by atoms with E-state index in [2.05, 4.69) is 26.2 Å². The monoisotopic (exact) mass is 470 g/mol. The summed E-state index contributed by atoms with van der Waals surface area (Å²) in [7, 11) is 0. The zero-order valence-corrected chi connectivity index (χ0v) is 19.1. The number of aromatic nitrogens is 4. The van der Waals surface area contributed by atoms with Gasteiger partial charge in [-0.05, 0) is 37.8 Å². The molecule has 9 heteroatoms. The maximum Gasteiger partial charge on any atom is 0.210 e. The summed E-state index contributed by atoms with van der Waals surface area (Å²) >= 11 is 1.64. The van der Waals surface area contributed by atoms with Gasteiger partial charge in [-0.25, -0.2) is 4.98 Å². The Hall–Kier alpha value is -3.72. The van der Waals surface area contributed by atoms with Gasteiger partial charge in [0, 0.05) is 69.7 Å². The Morgan fingerprint density at radius 2 is 1.94 bits per heavy atom. The second-order valence-corrected chi connectivity index (χ2v) is 10.1. The minimum Gasteiger partial charge on any atom is -0.452 e. The number of fused-ring (bicyclic) bond motifs is 4. The molecule has 34 heavy (non-hydrogen) atoms. The second-order valence-electron chi connectivity index (χ2n) is 9.20. The van der Waals surface area contributed by atoms with Crippen molar-refractivity contribution in [3.05, 3.63) is 48.5 Å². The lowest BCUT2D eigenvalue weighted by Gasteiger charge is -2.36. The number of hydrogen-bond acceptors (Lipinski definition) is 7. The Labute approximate surface area is 199 Å². The predicted octanol–water partition coefficient (Wildman–Crippen LogP) is 4.87. The molecule has 2 aliphatic heterocycles. The third kappa shape index (κ3) is 2.89. The van der Waals surface area contributed by atoms with Gasteiger partial charge in [0.1, 0.15) is 5.76 Å². The maximum atomic E-state index is 11.4. The first kappa shape index (κ1) is 19.7. The van der Waals surface area contributed by atoms with Gasteiger partial charge in [0.15, 0.2) is 11.4 Å². The highest BCUT2D eigenvalue weighted by molar-refractivity contribution is 7.17. The zero-order chi connectivity index (χ0) is 22.8. The van der Waals surface area contributed by atoms with Crippen LogP contribution in [0.15, 0.2) is 52.9 Å². The Morgan fingerprint density at radius 1 is 1.09 bits per heavy atom. The summed E-state index contributed by atoms with van der Waals surface area (Å²) in [5.74, 6) is 1.13. The van der Waals surface area contributed by atoms with E-state index in [-0.39, 0.29) is 0 Å². The van der Waals surface area contributed by atoms with Gasteiger partial charge >= 0.3 is 0 Å². The SMILES string of the molecule is Nc1ncc(-c2cnn([C@@H]3C[C@H]4CC[C@@H](C3)N4C=O)c2)c2cc(-c3csc4cnccc34)oc12. The van der Waals surface area contributed by atoms with Crippen LogP contribution in [0.3, 0.4) is 0 Å². The van der Waals surface area contributed by atoms with E-state index in [1.54, 1.807) is 23.7 Å². The minimum atomic E-state index is 0.297. The van der Waals surface area contributed by atoms with Crippen LogP contribution >= 0.6 is 11.3 Å². The summed E-state index contributed by atoms with van der Waals surface area (Å²) in [5, 5.41) is 8.82. The lowest BCUT2D eigenvalue weighted by Crippen LogP contribution is -2.42. The standard InChI is InChI=1S/C25H22N6O2S/c26-25-24-19(7-22(33-24)21-12-34-23-10-27-4-3-18(21)23)20(9-28-25)14-8-29-31(11-14)17-5-15-1-2-16(6-17)30(15)13-32/h3-4,7-13,15-17H,1-2,5-6H2,(H2,26,28)/t15-,16+,17-. The fourth-order valence-corrected chi connectivity index (χ4v) is 6.64. The molecule has 0 aliphatic carbocycles. The van der Waals surface area contributed by atoms with Crippen molar-refractivity contribution in [1.29, 1.82) is 0 Å². The van der Waals surface area contributed by atoms with Crippen molar-refractivity contribution in [3.8, 4) is 22.5 Å². The number of furan rings is 1. The molecule has 2 bridgehead atoms. The van der Waals surface area contributed by atoms with Crippen LogP contribution in [0.25, 0.3) is 43.5 Å². The van der Waals surface area contributed by atoms with Crippen LogP contribution in [0, 0.1) is 0 Å². The van der Waals surface area contributed by atoms with Gasteiger partial charge in [-0.1, -0.05) is 0 Å². The van der Waals surface area contributed by atoms with Gasteiger partial charge in [-0.15, -0.1) is 11.3 Å². The fourth-order valence-electron chi connectivity index (χ4n) is 5.73. The number of anilines is 1. The summed E-state index contributed by atoms with van der Waals surface area (Å²) in [6, 6.07) is 5.00. The summed E-state index contributed by atoms with van der Waals surface area (Å²) in [6.45, 7) is 0. The third-order valence-electron chi connectivity index (χ3n) is 7.40. The van der Waals surface area contributed by atoms with Crippen LogP contribution in [0.2, 0.25) is 0 Å². The van der Waals surface area contributed by atoms with Gasteiger partial charge in [0.05, 0.1) is 16.9 Å². The minimum absolute atomic E-state index is 0.297. The molecule has 1 amide bonds. The van der Waals surface area contributed by atoms with Gasteiger partial charge in [0.2, 0.25) is 6.41 Å². The molecule has 170 valence electrons. The molecule has 5 aromatic heterocycles. The number of rotatable bonds is 4. The van der Waals surface area contributed by atoms with Crippen LogP contribution < -0.4 is 5.73 Å². The quantitative estimate of drug-likeness (QED) is 0.376. The number of nitrogens with two attached hydrogens (primary N) is 1. The van der Waals surface area contributed by atoms with Crippen molar-refractivity contribution in [2.75, 3.05) is 5.73 Å². The van der Waals surface area contributed by atoms with Crippen LogP contribution in [-0.2, 0) is 4.79 Å². The van der Waals surface area contributed by atoms with Gasteiger partial charge in [-0.3, -0.25) is 14.5 Å². The molecule has 5 aromatic rings. The van der Waals surface area contributed by atoms with Crippen molar-refractivity contribution in [2.45, 2.75) is 43.8 Å². The number of carbonyl (C=O) groups is 1. The molecule has 0 unspecified atom stereocenters. The third-order valence-corrected chi connectivity index (χ3v) is 8.34. The first-order valence-electron chi connectivity index (χ1n) is 11.5. The fraction of sp³-hybridized carbons (Fsp3) is 0.280. The van der Waals surface area contributed by atoms with E-state index in [0.717, 1.165) is 70.0 Å². The first-order valence-corrected chi connectivity index (χ1v) is 12.3. The van der Waals surface area contributed by atoms with Gasteiger partial charge < -0.3 is 15.1 Å². The number of nitrogen functional groups attached to an aromatic ring is 1. The second kappa shape index (κ2) is 7.39. The molecule has 2 saturated heterocycles. The molecule has 0 saturated carbocycles. The average Bonchev–Trinajstić information content (AvgIpc) is 3.63. The molecule has 0 spiro atoms. The molecular weight excluding hydrogens is 448 g/mol. The van der Waals surface area contributed by atoms with Gasteiger partial charge in [0.25, 0.3) is 0 Å². The summed E-state index contributed by atoms with van der Waals surface area (Å²) < 4.78 is 9.40. The normalized spacial score (nSPS) is 22.1. The van der Waals surface area contributed by atoms with Crippen LogP contribution in [-0.4, -0.2) is 43.1 Å². The highest BCUT2D eigenvalue weighted by Gasteiger charge is 2.40. The molecule has 7 rings (SSSR count). The first-order chi connectivity index (χ1) is 16.7. The lowest BCUT2D eigenvalue weighted by atomic mass is 9.98. The maximum absolute atomic E-state index is 11.4. The van der Waals surface area contributed by atoms with E-state index in [1.165, 1.54) is 0 Å². The summed E-state index contributed by atoms with van der Waals surface area (Å²) in [6.07, 6.45) is 14.5. The van der Waals surface area contributed by atoms with Gasteiger partial charge in [-0.2, -0.15) is 5.10 Å². The summed E-state index contributed by atoms with van der Waals surface area (Å²) in [5.41, 5.74) is 9.74. The smallest absolute Gasteiger partial charge is 0.210 e. The number of nitrogens with zero attached hydrogens (tertiary/aromatic N) is 5. The molecule has 0 aromatic carbocycles. The number of carbonyl (C=O) groups excluding carboxylic acids is 1. The van der Waals surface area contributed by atoms with Crippen LogP contribution in [0.1, 0.15) is 31.7 Å². The number of hydrogen-bond donors (Lipinski definition) is 1. The van der Waals surface area contributed by atoms with Crippen molar-refractivity contribution >= 4 is 44.6 Å².